The zero-order chi connectivity index (χ0) is 14.7. The molecule has 0 unspecified atom stereocenters. The van der Waals surface area contributed by atoms with Crippen molar-refractivity contribution in [3.63, 3.8) is 0 Å². The average molecular weight is 300 g/mol. The Morgan fingerprint density at radius 3 is 2.86 bits per heavy atom. The molecule has 0 aromatic carbocycles. The van der Waals surface area contributed by atoms with E-state index in [4.69, 9.17) is 0 Å². The van der Waals surface area contributed by atoms with Gasteiger partial charge >= 0.3 is 0 Å². The number of thiophene rings is 1. The minimum Gasteiger partial charge on any atom is -0.355 e. The van der Waals surface area contributed by atoms with Crippen molar-refractivity contribution in [3.05, 3.63) is 44.1 Å². The maximum Gasteiger partial charge on any atom is 0.271 e. The van der Waals surface area contributed by atoms with E-state index in [1.165, 1.54) is 6.42 Å². The summed E-state index contributed by atoms with van der Waals surface area (Å²) in [5.41, 5.74) is 0.918. The summed E-state index contributed by atoms with van der Waals surface area (Å²) in [4.78, 5) is 21.5. The van der Waals surface area contributed by atoms with Gasteiger partial charge in [0.25, 0.3) is 5.56 Å². The van der Waals surface area contributed by atoms with Gasteiger partial charge in [-0.2, -0.15) is 16.6 Å². The number of hydrogen-bond donors (Lipinski definition) is 1. The van der Waals surface area contributed by atoms with Crippen LogP contribution in [0.3, 0.4) is 0 Å². The molecule has 1 saturated heterocycles. The second kappa shape index (κ2) is 6.10. The molecule has 1 fully saturated rings. The molecule has 1 N–H and O–H groups in total. The lowest BCUT2D eigenvalue weighted by Crippen LogP contribution is -2.33. The van der Waals surface area contributed by atoms with Gasteiger partial charge in [-0.15, -0.1) is 0 Å². The largest absolute Gasteiger partial charge is 0.355 e. The monoisotopic (exact) mass is 300 g/mol. The van der Waals surface area contributed by atoms with Crippen LogP contribution in [0, 0.1) is 11.3 Å². The highest BCUT2D eigenvalue weighted by molar-refractivity contribution is 7.07. The van der Waals surface area contributed by atoms with Crippen LogP contribution in [0.4, 0.5) is 5.82 Å². The molecule has 0 radical (unpaired) electrons. The van der Waals surface area contributed by atoms with Crippen LogP contribution in [0.1, 0.15) is 36.2 Å². The molecule has 6 heteroatoms. The number of aromatic nitrogens is 2. The van der Waals surface area contributed by atoms with Crippen molar-refractivity contribution < 1.29 is 0 Å². The van der Waals surface area contributed by atoms with Crippen molar-refractivity contribution in [1.29, 1.82) is 5.26 Å². The highest BCUT2D eigenvalue weighted by Crippen LogP contribution is 2.20. The highest BCUT2D eigenvalue weighted by atomic mass is 32.1. The molecule has 0 bridgehead atoms. The Hall–Kier alpha value is -2.13. The fraction of sp³-hybridized carbons (Fsp3) is 0.400. The maximum absolute atomic E-state index is 12.1. The third kappa shape index (κ3) is 2.98. The zero-order valence-corrected chi connectivity index (χ0v) is 12.4. The fourth-order valence-corrected chi connectivity index (χ4v) is 3.28. The third-order valence-corrected chi connectivity index (χ3v) is 4.40. The summed E-state index contributed by atoms with van der Waals surface area (Å²) in [6.07, 6.45) is 3.95. The Morgan fingerprint density at radius 2 is 2.19 bits per heavy atom. The lowest BCUT2D eigenvalue weighted by Gasteiger charge is -2.28. The molecule has 0 atom stereocenters. The first kappa shape index (κ1) is 13.8. The van der Waals surface area contributed by atoms with Crippen molar-refractivity contribution >= 4 is 17.2 Å². The number of rotatable bonds is 3. The zero-order valence-electron chi connectivity index (χ0n) is 11.6. The van der Waals surface area contributed by atoms with E-state index in [1.807, 2.05) is 22.9 Å². The average Bonchev–Trinajstić information content (AvgIpc) is 3.00. The van der Waals surface area contributed by atoms with Crippen molar-refractivity contribution in [1.82, 2.24) is 9.97 Å². The minimum absolute atomic E-state index is 0.131. The normalized spacial score (nSPS) is 14.9. The quantitative estimate of drug-likeness (QED) is 0.944. The molecule has 5 nitrogen and oxygen atoms in total. The second-order valence-electron chi connectivity index (χ2n) is 5.18. The standard InChI is InChI=1S/C15H16N4OS/c16-9-12-14(19-5-2-1-3-6-19)17-13(18-15(12)20)8-11-4-7-21-10-11/h4,7,10H,1-3,5-6,8H2,(H,17,18,20). The van der Waals surface area contributed by atoms with Crippen molar-refractivity contribution in [2.24, 2.45) is 0 Å². The number of nitriles is 1. The van der Waals surface area contributed by atoms with Gasteiger partial charge in [0.1, 0.15) is 11.9 Å². The lowest BCUT2D eigenvalue weighted by molar-refractivity contribution is 0.571. The number of anilines is 1. The van der Waals surface area contributed by atoms with Gasteiger partial charge < -0.3 is 9.88 Å². The van der Waals surface area contributed by atoms with E-state index in [9.17, 15) is 10.1 Å². The Labute approximate surface area is 126 Å². The number of nitrogens with zero attached hydrogens (tertiary/aromatic N) is 3. The van der Waals surface area contributed by atoms with Gasteiger partial charge in [-0.1, -0.05) is 0 Å². The van der Waals surface area contributed by atoms with Gasteiger partial charge in [0.2, 0.25) is 0 Å². The molecule has 1 aliphatic rings. The van der Waals surface area contributed by atoms with Crippen molar-refractivity contribution in [2.75, 3.05) is 18.0 Å². The Morgan fingerprint density at radius 1 is 1.38 bits per heavy atom. The first-order valence-corrected chi connectivity index (χ1v) is 8.01. The molecule has 108 valence electrons. The number of aromatic amines is 1. The summed E-state index contributed by atoms with van der Waals surface area (Å²) in [6.45, 7) is 1.73. The molecule has 3 rings (SSSR count). The molecule has 0 saturated carbocycles. The SMILES string of the molecule is N#Cc1c(N2CCCCC2)nc(Cc2ccsc2)[nH]c1=O. The first-order valence-electron chi connectivity index (χ1n) is 7.07. The fourth-order valence-electron chi connectivity index (χ4n) is 2.61. The Balaban J connectivity index is 1.98. The summed E-state index contributed by atoms with van der Waals surface area (Å²) in [7, 11) is 0. The van der Waals surface area contributed by atoms with Crippen LogP contribution < -0.4 is 10.5 Å². The lowest BCUT2D eigenvalue weighted by atomic mass is 10.1. The first-order chi connectivity index (χ1) is 10.3. The van der Waals surface area contributed by atoms with Gasteiger partial charge in [-0.3, -0.25) is 4.79 Å². The topological polar surface area (TPSA) is 72.8 Å². The smallest absolute Gasteiger partial charge is 0.271 e. The van der Waals surface area contributed by atoms with E-state index in [0.29, 0.717) is 18.1 Å². The van der Waals surface area contributed by atoms with Crippen molar-refractivity contribution in [3.8, 4) is 6.07 Å². The van der Waals surface area contributed by atoms with Crippen molar-refractivity contribution in [2.45, 2.75) is 25.7 Å². The molecule has 0 spiro atoms. The Kier molecular flexibility index (Phi) is 4.02. The van der Waals surface area contributed by atoms with Crippen LogP contribution in [0.2, 0.25) is 0 Å². The van der Waals surface area contributed by atoms with Crippen LogP contribution in [-0.4, -0.2) is 23.1 Å². The predicted octanol–water partition coefficient (Wildman–Crippen LogP) is 2.28. The molecule has 2 aromatic heterocycles. The molecule has 21 heavy (non-hydrogen) atoms. The molecule has 3 heterocycles. The van der Waals surface area contributed by atoms with Crippen LogP contribution in [0.5, 0.6) is 0 Å². The molecule has 2 aromatic rings. The van der Waals surface area contributed by atoms with Gasteiger partial charge in [0, 0.05) is 19.5 Å². The van der Waals surface area contributed by atoms with E-state index in [-0.39, 0.29) is 11.1 Å². The van der Waals surface area contributed by atoms with E-state index < -0.39 is 0 Å². The van der Waals surface area contributed by atoms with Crippen LogP contribution >= 0.6 is 11.3 Å². The molecular weight excluding hydrogens is 284 g/mol. The second-order valence-corrected chi connectivity index (χ2v) is 5.96. The van der Waals surface area contributed by atoms with E-state index in [1.54, 1.807) is 11.3 Å². The number of H-pyrrole nitrogens is 1. The molecule has 0 amide bonds. The van der Waals surface area contributed by atoms with E-state index in [0.717, 1.165) is 31.5 Å². The highest BCUT2D eigenvalue weighted by Gasteiger charge is 2.19. The predicted molar refractivity (Wildman–Crippen MR) is 82.8 cm³/mol. The van der Waals surface area contributed by atoms with E-state index >= 15 is 0 Å². The van der Waals surface area contributed by atoms with E-state index in [2.05, 4.69) is 14.9 Å². The Bertz CT molecular complexity index is 708. The summed E-state index contributed by atoms with van der Waals surface area (Å²) in [5, 5.41) is 13.3. The number of nitrogens with one attached hydrogen (secondary N) is 1. The third-order valence-electron chi connectivity index (χ3n) is 3.67. The van der Waals surface area contributed by atoms with Crippen LogP contribution in [-0.2, 0) is 6.42 Å². The van der Waals surface area contributed by atoms with Gasteiger partial charge in [-0.05, 0) is 41.7 Å². The minimum atomic E-state index is -0.335. The van der Waals surface area contributed by atoms with Gasteiger partial charge in [-0.25, -0.2) is 4.98 Å². The van der Waals surface area contributed by atoms with Gasteiger partial charge in [0.05, 0.1) is 0 Å². The van der Waals surface area contributed by atoms with Crippen LogP contribution in [0.25, 0.3) is 0 Å². The summed E-state index contributed by atoms with van der Waals surface area (Å²) >= 11 is 1.62. The molecule has 1 aliphatic heterocycles. The molecular formula is C15H16N4OS. The summed E-state index contributed by atoms with van der Waals surface area (Å²) in [5.74, 6) is 1.17. The number of hydrogen-bond acceptors (Lipinski definition) is 5. The summed E-state index contributed by atoms with van der Waals surface area (Å²) < 4.78 is 0. The van der Waals surface area contributed by atoms with Gasteiger partial charge in [0.15, 0.2) is 11.4 Å². The summed E-state index contributed by atoms with van der Waals surface area (Å²) in [6, 6.07) is 4.02. The maximum atomic E-state index is 12.1. The molecule has 0 aliphatic carbocycles. The van der Waals surface area contributed by atoms with Crippen LogP contribution in [0.15, 0.2) is 21.6 Å². The number of piperidine rings is 1.